The first-order valence-corrected chi connectivity index (χ1v) is 8.25. The minimum absolute atomic E-state index is 0.0890. The first kappa shape index (κ1) is 17.4. The molecule has 26 heavy (non-hydrogen) atoms. The van der Waals surface area contributed by atoms with Crippen molar-refractivity contribution in [3.63, 3.8) is 0 Å². The fourth-order valence-electron chi connectivity index (χ4n) is 2.50. The quantitative estimate of drug-likeness (QED) is 0.707. The molecule has 0 aliphatic heterocycles. The molecule has 0 saturated heterocycles. The van der Waals surface area contributed by atoms with Gasteiger partial charge in [-0.05, 0) is 61.4 Å². The van der Waals surface area contributed by atoms with Crippen LogP contribution >= 0.6 is 0 Å². The van der Waals surface area contributed by atoms with Gasteiger partial charge in [0.1, 0.15) is 5.75 Å². The van der Waals surface area contributed by atoms with Gasteiger partial charge >= 0.3 is 0 Å². The van der Waals surface area contributed by atoms with Crippen molar-refractivity contribution >= 4 is 23.2 Å². The predicted octanol–water partition coefficient (Wildman–Crippen LogP) is 3.85. The molecule has 2 aromatic carbocycles. The Hall–Kier alpha value is -3.41. The van der Waals surface area contributed by atoms with E-state index in [1.54, 1.807) is 24.3 Å². The SMILES string of the molecule is Cc1cc(C)cc(Nc2ccc(NC(=O)COc3ccccc3)nn2)c1. The summed E-state index contributed by atoms with van der Waals surface area (Å²) in [6.07, 6.45) is 0. The third kappa shape index (κ3) is 5.04. The molecule has 6 nitrogen and oxygen atoms in total. The largest absolute Gasteiger partial charge is 0.484 e. The third-order valence-corrected chi connectivity index (χ3v) is 3.54. The van der Waals surface area contributed by atoms with Gasteiger partial charge in [0.2, 0.25) is 0 Å². The first-order valence-electron chi connectivity index (χ1n) is 8.25. The molecule has 3 rings (SSSR count). The Morgan fingerprint density at radius 2 is 1.58 bits per heavy atom. The average molecular weight is 348 g/mol. The van der Waals surface area contributed by atoms with Crippen LogP contribution in [0.3, 0.4) is 0 Å². The number of para-hydroxylation sites is 1. The van der Waals surface area contributed by atoms with Gasteiger partial charge in [-0.2, -0.15) is 0 Å². The lowest BCUT2D eigenvalue weighted by Gasteiger charge is -2.09. The van der Waals surface area contributed by atoms with Gasteiger partial charge in [0.25, 0.3) is 5.91 Å². The van der Waals surface area contributed by atoms with E-state index < -0.39 is 0 Å². The standard InChI is InChI=1S/C20H20N4O2/c1-14-10-15(2)12-16(11-14)21-18-8-9-19(24-23-18)22-20(25)13-26-17-6-4-3-5-7-17/h3-12H,13H2,1-2H3,(H,21,23)(H,22,24,25). The molecule has 132 valence electrons. The number of nitrogens with one attached hydrogen (secondary N) is 2. The van der Waals surface area contributed by atoms with E-state index in [0.29, 0.717) is 17.4 Å². The highest BCUT2D eigenvalue weighted by Crippen LogP contribution is 2.18. The zero-order chi connectivity index (χ0) is 18.4. The maximum Gasteiger partial charge on any atom is 0.263 e. The van der Waals surface area contributed by atoms with E-state index in [2.05, 4.69) is 26.9 Å². The Balaban J connectivity index is 1.54. The molecular weight excluding hydrogens is 328 g/mol. The zero-order valence-electron chi connectivity index (χ0n) is 14.7. The summed E-state index contributed by atoms with van der Waals surface area (Å²) in [7, 11) is 0. The normalized spacial score (nSPS) is 10.2. The van der Waals surface area contributed by atoms with Crippen molar-refractivity contribution in [2.45, 2.75) is 13.8 Å². The number of rotatable bonds is 6. The average Bonchev–Trinajstić information content (AvgIpc) is 2.62. The lowest BCUT2D eigenvalue weighted by Crippen LogP contribution is -2.21. The molecule has 0 aliphatic rings. The number of carbonyl (C=O) groups excluding carboxylic acids is 1. The number of amides is 1. The van der Waals surface area contributed by atoms with E-state index in [0.717, 1.165) is 5.69 Å². The Bertz CT molecular complexity index is 860. The van der Waals surface area contributed by atoms with Crippen LogP contribution in [-0.2, 0) is 4.79 Å². The molecule has 6 heteroatoms. The second-order valence-electron chi connectivity index (χ2n) is 5.96. The number of anilines is 3. The molecule has 0 atom stereocenters. The Morgan fingerprint density at radius 1 is 0.923 bits per heavy atom. The first-order chi connectivity index (χ1) is 12.6. The van der Waals surface area contributed by atoms with Gasteiger partial charge < -0.3 is 15.4 Å². The van der Waals surface area contributed by atoms with Crippen LogP contribution in [0.5, 0.6) is 5.75 Å². The number of carbonyl (C=O) groups is 1. The van der Waals surface area contributed by atoms with Gasteiger partial charge in [-0.25, -0.2) is 0 Å². The van der Waals surface area contributed by atoms with Crippen molar-refractivity contribution < 1.29 is 9.53 Å². The molecule has 0 radical (unpaired) electrons. The molecule has 0 fully saturated rings. The minimum Gasteiger partial charge on any atom is -0.484 e. The van der Waals surface area contributed by atoms with E-state index in [1.807, 2.05) is 44.2 Å². The highest BCUT2D eigenvalue weighted by Gasteiger charge is 2.06. The molecule has 1 aromatic heterocycles. The number of nitrogens with zero attached hydrogens (tertiary/aromatic N) is 2. The van der Waals surface area contributed by atoms with Crippen LogP contribution in [0.4, 0.5) is 17.3 Å². The van der Waals surface area contributed by atoms with E-state index in [9.17, 15) is 4.79 Å². The molecule has 3 aromatic rings. The van der Waals surface area contributed by atoms with Crippen LogP contribution in [0.15, 0.2) is 60.7 Å². The number of benzene rings is 2. The molecule has 1 amide bonds. The number of hydrogen-bond acceptors (Lipinski definition) is 5. The Labute approximate surface area is 152 Å². The number of aryl methyl sites for hydroxylation is 2. The summed E-state index contributed by atoms with van der Waals surface area (Å²) in [4.78, 5) is 11.9. The van der Waals surface area contributed by atoms with Gasteiger partial charge in [0, 0.05) is 5.69 Å². The van der Waals surface area contributed by atoms with Gasteiger partial charge in [-0.15, -0.1) is 10.2 Å². The van der Waals surface area contributed by atoms with Crippen molar-refractivity contribution in [1.29, 1.82) is 0 Å². The summed E-state index contributed by atoms with van der Waals surface area (Å²) in [6, 6.07) is 18.8. The molecule has 0 bridgehead atoms. The molecule has 0 unspecified atom stereocenters. The highest BCUT2D eigenvalue weighted by molar-refractivity contribution is 5.90. The van der Waals surface area contributed by atoms with E-state index >= 15 is 0 Å². The summed E-state index contributed by atoms with van der Waals surface area (Å²) >= 11 is 0. The van der Waals surface area contributed by atoms with E-state index in [-0.39, 0.29) is 12.5 Å². The monoisotopic (exact) mass is 348 g/mol. The van der Waals surface area contributed by atoms with Gasteiger partial charge in [-0.3, -0.25) is 4.79 Å². The van der Waals surface area contributed by atoms with Gasteiger partial charge in [0.05, 0.1) is 0 Å². The Kier molecular flexibility index (Phi) is 5.43. The molecule has 0 aliphatic carbocycles. The van der Waals surface area contributed by atoms with Crippen LogP contribution in [0.25, 0.3) is 0 Å². The molecule has 0 saturated carbocycles. The molecule has 0 spiro atoms. The van der Waals surface area contributed by atoms with E-state index in [1.165, 1.54) is 11.1 Å². The van der Waals surface area contributed by atoms with Crippen molar-refractivity contribution in [3.05, 3.63) is 71.8 Å². The second-order valence-corrected chi connectivity index (χ2v) is 5.96. The highest BCUT2D eigenvalue weighted by atomic mass is 16.5. The van der Waals surface area contributed by atoms with Crippen LogP contribution in [-0.4, -0.2) is 22.7 Å². The minimum atomic E-state index is -0.293. The van der Waals surface area contributed by atoms with E-state index in [4.69, 9.17) is 4.74 Å². The predicted molar refractivity (Wildman–Crippen MR) is 102 cm³/mol. The summed E-state index contributed by atoms with van der Waals surface area (Å²) < 4.78 is 5.39. The fourth-order valence-corrected chi connectivity index (χ4v) is 2.50. The third-order valence-electron chi connectivity index (χ3n) is 3.54. The molecule has 1 heterocycles. The van der Waals surface area contributed by atoms with Crippen LogP contribution in [0, 0.1) is 13.8 Å². The lowest BCUT2D eigenvalue weighted by atomic mass is 10.1. The lowest BCUT2D eigenvalue weighted by molar-refractivity contribution is -0.118. The van der Waals surface area contributed by atoms with Crippen molar-refractivity contribution in [1.82, 2.24) is 10.2 Å². The maximum atomic E-state index is 11.9. The smallest absolute Gasteiger partial charge is 0.263 e. The summed E-state index contributed by atoms with van der Waals surface area (Å²) in [5, 5.41) is 14.0. The van der Waals surface area contributed by atoms with Crippen LogP contribution in [0.1, 0.15) is 11.1 Å². The van der Waals surface area contributed by atoms with Crippen molar-refractivity contribution in [2.24, 2.45) is 0 Å². The molecule has 2 N–H and O–H groups in total. The van der Waals surface area contributed by atoms with Crippen LogP contribution < -0.4 is 15.4 Å². The Morgan fingerprint density at radius 3 is 2.23 bits per heavy atom. The summed E-state index contributed by atoms with van der Waals surface area (Å²) in [5.74, 6) is 1.33. The van der Waals surface area contributed by atoms with Gasteiger partial charge in [-0.1, -0.05) is 24.3 Å². The van der Waals surface area contributed by atoms with Crippen molar-refractivity contribution in [3.8, 4) is 5.75 Å². The number of ether oxygens (including phenoxy) is 1. The molecular formula is C20H20N4O2. The maximum absolute atomic E-state index is 11.9. The topological polar surface area (TPSA) is 76.1 Å². The second kappa shape index (κ2) is 8.11. The summed E-state index contributed by atoms with van der Waals surface area (Å²) in [5.41, 5.74) is 3.29. The fraction of sp³-hybridized carbons (Fsp3) is 0.150. The number of hydrogen-bond donors (Lipinski definition) is 2. The van der Waals surface area contributed by atoms with Crippen molar-refractivity contribution in [2.75, 3.05) is 17.2 Å². The number of aromatic nitrogens is 2. The zero-order valence-corrected chi connectivity index (χ0v) is 14.7. The summed E-state index contributed by atoms with van der Waals surface area (Å²) in [6.45, 7) is 3.99. The van der Waals surface area contributed by atoms with Gasteiger partial charge in [0.15, 0.2) is 18.2 Å². The van der Waals surface area contributed by atoms with Crippen LogP contribution in [0.2, 0.25) is 0 Å².